The molecule has 0 heterocycles. The first-order valence-electron chi connectivity index (χ1n) is 6.23. The lowest BCUT2D eigenvalue weighted by Gasteiger charge is -2.11. The van der Waals surface area contributed by atoms with Crippen LogP contribution in [-0.2, 0) is 0 Å². The quantitative estimate of drug-likeness (QED) is 0.811. The minimum absolute atomic E-state index is 0.114. The van der Waals surface area contributed by atoms with Gasteiger partial charge in [0.05, 0.1) is 7.11 Å². The summed E-state index contributed by atoms with van der Waals surface area (Å²) in [5, 5.41) is 2.95. The van der Waals surface area contributed by atoms with E-state index in [2.05, 4.69) is 34.0 Å². The molecule has 104 valence electrons. The summed E-state index contributed by atoms with van der Waals surface area (Å²) in [6.45, 7) is 4.02. The number of halogens is 1. The van der Waals surface area contributed by atoms with Crippen LogP contribution >= 0.6 is 22.6 Å². The summed E-state index contributed by atoms with van der Waals surface area (Å²) in [6.07, 6.45) is 0. The molecule has 2 aromatic carbocycles. The summed E-state index contributed by atoms with van der Waals surface area (Å²) in [5.74, 6) is 0.624. The predicted octanol–water partition coefficient (Wildman–Crippen LogP) is 4.17. The van der Waals surface area contributed by atoms with Crippen LogP contribution in [0.3, 0.4) is 0 Å². The van der Waals surface area contributed by atoms with Crippen LogP contribution in [0.1, 0.15) is 21.5 Å². The second-order valence-corrected chi connectivity index (χ2v) is 5.76. The molecule has 3 nitrogen and oxygen atoms in total. The number of amides is 1. The fraction of sp³-hybridized carbons (Fsp3) is 0.188. The summed E-state index contributed by atoms with van der Waals surface area (Å²) >= 11 is 2.29. The molecule has 0 saturated heterocycles. The number of hydrogen-bond acceptors (Lipinski definition) is 2. The van der Waals surface area contributed by atoms with E-state index in [-0.39, 0.29) is 5.91 Å². The molecular formula is C16H16INO2. The van der Waals surface area contributed by atoms with Crippen molar-refractivity contribution in [1.82, 2.24) is 0 Å². The van der Waals surface area contributed by atoms with Gasteiger partial charge in [0.15, 0.2) is 0 Å². The van der Waals surface area contributed by atoms with Gasteiger partial charge in [0.1, 0.15) is 5.75 Å². The number of rotatable bonds is 3. The SMILES string of the molecule is COc1ccc(C(=O)Nc2cc(C)c(I)cc2C)cc1. The van der Waals surface area contributed by atoms with Crippen molar-refractivity contribution in [3.05, 3.63) is 56.7 Å². The van der Waals surface area contributed by atoms with Crippen molar-refractivity contribution in [1.29, 1.82) is 0 Å². The number of methoxy groups -OCH3 is 1. The highest BCUT2D eigenvalue weighted by atomic mass is 127. The van der Waals surface area contributed by atoms with Crippen LogP contribution in [0.4, 0.5) is 5.69 Å². The van der Waals surface area contributed by atoms with E-state index < -0.39 is 0 Å². The monoisotopic (exact) mass is 381 g/mol. The Morgan fingerprint density at radius 1 is 1.10 bits per heavy atom. The Hall–Kier alpha value is -1.56. The zero-order chi connectivity index (χ0) is 14.7. The molecule has 4 heteroatoms. The highest BCUT2D eigenvalue weighted by Gasteiger charge is 2.09. The van der Waals surface area contributed by atoms with Crippen molar-refractivity contribution < 1.29 is 9.53 Å². The van der Waals surface area contributed by atoms with Gasteiger partial charge >= 0.3 is 0 Å². The first kappa shape index (κ1) is 14.8. The number of carbonyl (C=O) groups is 1. The third kappa shape index (κ3) is 3.30. The smallest absolute Gasteiger partial charge is 0.255 e. The Kier molecular flexibility index (Phi) is 4.65. The van der Waals surface area contributed by atoms with Crippen molar-refractivity contribution in [2.45, 2.75) is 13.8 Å². The molecular weight excluding hydrogens is 365 g/mol. The molecule has 0 aliphatic carbocycles. The van der Waals surface area contributed by atoms with Gasteiger partial charge in [0, 0.05) is 14.8 Å². The molecule has 0 atom stereocenters. The van der Waals surface area contributed by atoms with Gasteiger partial charge in [0.2, 0.25) is 0 Å². The minimum Gasteiger partial charge on any atom is -0.497 e. The van der Waals surface area contributed by atoms with E-state index in [1.807, 2.05) is 19.9 Å². The summed E-state index contributed by atoms with van der Waals surface area (Å²) in [4.78, 5) is 12.2. The van der Waals surface area contributed by atoms with Gasteiger partial charge in [-0.2, -0.15) is 0 Å². The lowest BCUT2D eigenvalue weighted by Crippen LogP contribution is -2.13. The summed E-state index contributed by atoms with van der Waals surface area (Å²) < 4.78 is 6.28. The Labute approximate surface area is 132 Å². The zero-order valence-corrected chi connectivity index (χ0v) is 13.8. The molecule has 0 fully saturated rings. The summed E-state index contributed by atoms with van der Waals surface area (Å²) in [6, 6.07) is 11.1. The highest BCUT2D eigenvalue weighted by molar-refractivity contribution is 14.1. The molecule has 0 aliphatic rings. The Morgan fingerprint density at radius 2 is 1.75 bits per heavy atom. The third-order valence-electron chi connectivity index (χ3n) is 3.11. The van der Waals surface area contributed by atoms with Crippen LogP contribution in [-0.4, -0.2) is 13.0 Å². The molecule has 20 heavy (non-hydrogen) atoms. The molecule has 0 radical (unpaired) electrons. The van der Waals surface area contributed by atoms with Gasteiger partial charge in [-0.25, -0.2) is 0 Å². The average molecular weight is 381 g/mol. The second kappa shape index (κ2) is 6.26. The largest absolute Gasteiger partial charge is 0.497 e. The lowest BCUT2D eigenvalue weighted by atomic mass is 10.1. The van der Waals surface area contributed by atoms with Crippen molar-refractivity contribution in [2.75, 3.05) is 12.4 Å². The fourth-order valence-corrected chi connectivity index (χ4v) is 2.48. The van der Waals surface area contributed by atoms with Crippen LogP contribution in [0.2, 0.25) is 0 Å². The average Bonchev–Trinajstić information content (AvgIpc) is 2.44. The molecule has 2 rings (SSSR count). The van der Waals surface area contributed by atoms with E-state index in [1.54, 1.807) is 31.4 Å². The van der Waals surface area contributed by atoms with Crippen molar-refractivity contribution >= 4 is 34.2 Å². The van der Waals surface area contributed by atoms with E-state index in [0.29, 0.717) is 5.56 Å². The number of benzene rings is 2. The molecule has 1 N–H and O–H groups in total. The molecule has 0 aromatic heterocycles. The molecule has 2 aromatic rings. The van der Waals surface area contributed by atoms with E-state index in [4.69, 9.17) is 4.74 Å². The van der Waals surface area contributed by atoms with Gasteiger partial charge in [-0.15, -0.1) is 0 Å². The first-order chi connectivity index (χ1) is 9.51. The van der Waals surface area contributed by atoms with Gasteiger partial charge in [-0.1, -0.05) is 0 Å². The van der Waals surface area contributed by atoms with E-state index in [1.165, 1.54) is 3.57 Å². The Balaban J connectivity index is 2.20. The van der Waals surface area contributed by atoms with Crippen molar-refractivity contribution in [3.8, 4) is 5.75 Å². The zero-order valence-electron chi connectivity index (χ0n) is 11.7. The van der Waals surface area contributed by atoms with Crippen molar-refractivity contribution in [3.63, 3.8) is 0 Å². The number of carbonyl (C=O) groups excluding carboxylic acids is 1. The Morgan fingerprint density at radius 3 is 2.35 bits per heavy atom. The number of anilines is 1. The number of aryl methyl sites for hydroxylation is 2. The van der Waals surface area contributed by atoms with Crippen LogP contribution < -0.4 is 10.1 Å². The number of nitrogens with one attached hydrogen (secondary N) is 1. The normalized spacial score (nSPS) is 10.2. The maximum Gasteiger partial charge on any atom is 0.255 e. The third-order valence-corrected chi connectivity index (χ3v) is 4.27. The van der Waals surface area contributed by atoms with Gasteiger partial charge < -0.3 is 10.1 Å². The van der Waals surface area contributed by atoms with Gasteiger partial charge in [0.25, 0.3) is 5.91 Å². The molecule has 0 unspecified atom stereocenters. The lowest BCUT2D eigenvalue weighted by molar-refractivity contribution is 0.102. The topological polar surface area (TPSA) is 38.3 Å². The van der Waals surface area contributed by atoms with Crippen LogP contribution in [0.15, 0.2) is 36.4 Å². The Bertz CT molecular complexity index is 636. The second-order valence-electron chi connectivity index (χ2n) is 4.60. The van der Waals surface area contributed by atoms with Crippen LogP contribution in [0.5, 0.6) is 5.75 Å². The maximum atomic E-state index is 12.2. The van der Waals surface area contributed by atoms with Crippen LogP contribution in [0.25, 0.3) is 0 Å². The van der Waals surface area contributed by atoms with Crippen molar-refractivity contribution in [2.24, 2.45) is 0 Å². The highest BCUT2D eigenvalue weighted by Crippen LogP contribution is 2.22. The van der Waals surface area contributed by atoms with E-state index >= 15 is 0 Å². The minimum atomic E-state index is -0.114. The number of ether oxygens (including phenoxy) is 1. The van der Waals surface area contributed by atoms with Crippen LogP contribution in [0, 0.1) is 17.4 Å². The van der Waals surface area contributed by atoms with E-state index in [0.717, 1.165) is 22.6 Å². The number of hydrogen-bond donors (Lipinski definition) is 1. The first-order valence-corrected chi connectivity index (χ1v) is 7.31. The molecule has 0 aliphatic heterocycles. The fourth-order valence-electron chi connectivity index (χ4n) is 1.85. The summed E-state index contributed by atoms with van der Waals surface area (Å²) in [5.41, 5.74) is 3.67. The maximum absolute atomic E-state index is 12.2. The molecule has 0 saturated carbocycles. The summed E-state index contributed by atoms with van der Waals surface area (Å²) in [7, 11) is 1.60. The molecule has 0 bridgehead atoms. The standard InChI is InChI=1S/C16H16INO2/c1-10-9-15(11(2)8-14(10)17)18-16(19)12-4-6-13(20-3)7-5-12/h4-9H,1-3H3,(H,18,19). The predicted molar refractivity (Wildman–Crippen MR) is 89.6 cm³/mol. The molecule has 1 amide bonds. The van der Waals surface area contributed by atoms with Gasteiger partial charge in [-0.05, 0) is 84.0 Å². The van der Waals surface area contributed by atoms with Gasteiger partial charge in [-0.3, -0.25) is 4.79 Å². The molecule has 0 spiro atoms. The van der Waals surface area contributed by atoms with E-state index in [9.17, 15) is 4.79 Å².